The molecular weight excluding hydrogens is 228 g/mol. The summed E-state index contributed by atoms with van der Waals surface area (Å²) in [5.41, 5.74) is -0.520. The lowest BCUT2D eigenvalue weighted by atomic mass is 10.1. The molecule has 0 spiro atoms. The van der Waals surface area contributed by atoms with E-state index in [1.807, 2.05) is 0 Å². The standard InChI is InChI=1S/C10H10N2O5/c1-6(10(14)15)11-9(13)7-4-2-3-5-8(7)12(16)17/h2-6H,1H3,(H,11,13)(H,14,15)/t6-/m1/s1. The monoisotopic (exact) mass is 238 g/mol. The number of nitrogens with one attached hydrogen (secondary N) is 1. The van der Waals surface area contributed by atoms with E-state index in [4.69, 9.17) is 5.11 Å². The molecule has 0 unspecified atom stereocenters. The van der Waals surface area contributed by atoms with Gasteiger partial charge in [-0.3, -0.25) is 19.7 Å². The molecule has 0 aliphatic carbocycles. The average Bonchev–Trinajstić information content (AvgIpc) is 2.28. The Kier molecular flexibility index (Phi) is 3.76. The quantitative estimate of drug-likeness (QED) is 0.595. The minimum Gasteiger partial charge on any atom is -0.480 e. The van der Waals surface area contributed by atoms with Crippen LogP contribution in [0.1, 0.15) is 17.3 Å². The smallest absolute Gasteiger partial charge is 0.325 e. The van der Waals surface area contributed by atoms with Crippen LogP contribution < -0.4 is 5.32 Å². The Bertz CT molecular complexity index is 472. The van der Waals surface area contributed by atoms with Gasteiger partial charge in [0.2, 0.25) is 0 Å². The molecule has 1 atom stereocenters. The summed E-state index contributed by atoms with van der Waals surface area (Å²) in [6.45, 7) is 1.27. The van der Waals surface area contributed by atoms with Gasteiger partial charge >= 0.3 is 5.97 Å². The summed E-state index contributed by atoms with van der Waals surface area (Å²) in [5, 5.41) is 21.4. The molecule has 1 rings (SSSR count). The summed E-state index contributed by atoms with van der Waals surface area (Å²) in [6, 6.07) is 4.23. The number of benzene rings is 1. The Morgan fingerprint density at radius 2 is 2.00 bits per heavy atom. The predicted molar refractivity (Wildman–Crippen MR) is 57.7 cm³/mol. The molecule has 7 heteroatoms. The van der Waals surface area contributed by atoms with Gasteiger partial charge in [-0.15, -0.1) is 0 Å². The molecule has 1 aromatic rings. The zero-order valence-corrected chi connectivity index (χ0v) is 8.91. The van der Waals surface area contributed by atoms with E-state index in [9.17, 15) is 19.7 Å². The van der Waals surface area contributed by atoms with Crippen LogP contribution in [0.2, 0.25) is 0 Å². The first-order valence-corrected chi connectivity index (χ1v) is 4.70. The number of hydrogen-bond donors (Lipinski definition) is 2. The summed E-state index contributed by atoms with van der Waals surface area (Å²) in [6.07, 6.45) is 0. The second kappa shape index (κ2) is 5.06. The zero-order chi connectivity index (χ0) is 13.0. The van der Waals surface area contributed by atoms with Crippen molar-refractivity contribution in [2.24, 2.45) is 0 Å². The number of nitro groups is 1. The van der Waals surface area contributed by atoms with Crippen molar-refractivity contribution in [3.8, 4) is 0 Å². The first-order valence-electron chi connectivity index (χ1n) is 4.70. The van der Waals surface area contributed by atoms with Crippen molar-refractivity contribution in [2.75, 3.05) is 0 Å². The molecular formula is C10H10N2O5. The second-order valence-corrected chi connectivity index (χ2v) is 3.31. The lowest BCUT2D eigenvalue weighted by Gasteiger charge is -2.09. The molecule has 1 amide bonds. The largest absolute Gasteiger partial charge is 0.480 e. The second-order valence-electron chi connectivity index (χ2n) is 3.31. The van der Waals surface area contributed by atoms with E-state index in [0.29, 0.717) is 0 Å². The van der Waals surface area contributed by atoms with Crippen molar-refractivity contribution >= 4 is 17.6 Å². The Morgan fingerprint density at radius 3 is 2.53 bits per heavy atom. The van der Waals surface area contributed by atoms with Gasteiger partial charge in [-0.2, -0.15) is 0 Å². The molecule has 0 saturated carbocycles. The average molecular weight is 238 g/mol. The number of carboxylic acids is 1. The van der Waals surface area contributed by atoms with Crippen molar-refractivity contribution in [1.29, 1.82) is 0 Å². The predicted octanol–water partition coefficient (Wildman–Crippen LogP) is 0.798. The van der Waals surface area contributed by atoms with E-state index in [1.54, 1.807) is 0 Å². The molecule has 0 radical (unpaired) electrons. The van der Waals surface area contributed by atoms with Crippen LogP contribution in [0.15, 0.2) is 24.3 Å². The molecule has 0 heterocycles. The number of hydrogen-bond acceptors (Lipinski definition) is 4. The van der Waals surface area contributed by atoms with E-state index >= 15 is 0 Å². The van der Waals surface area contributed by atoms with Crippen molar-refractivity contribution in [3.63, 3.8) is 0 Å². The minimum atomic E-state index is -1.21. The number of carbonyl (C=O) groups is 2. The third kappa shape index (κ3) is 3.00. The van der Waals surface area contributed by atoms with Crippen LogP contribution in [0, 0.1) is 10.1 Å². The molecule has 2 N–H and O–H groups in total. The molecule has 17 heavy (non-hydrogen) atoms. The van der Waals surface area contributed by atoms with Gasteiger partial charge in [0.15, 0.2) is 0 Å². The number of aliphatic carboxylic acids is 1. The Morgan fingerprint density at radius 1 is 1.41 bits per heavy atom. The number of nitro benzene ring substituents is 1. The van der Waals surface area contributed by atoms with Crippen LogP contribution in [0.25, 0.3) is 0 Å². The SMILES string of the molecule is C[C@@H](NC(=O)c1ccccc1[N+](=O)[O-])C(=O)O. The fourth-order valence-electron chi connectivity index (χ4n) is 1.16. The van der Waals surface area contributed by atoms with Gasteiger partial charge < -0.3 is 10.4 Å². The van der Waals surface area contributed by atoms with Crippen LogP contribution in [0.4, 0.5) is 5.69 Å². The molecule has 0 aromatic heterocycles. The number of para-hydroxylation sites is 1. The van der Waals surface area contributed by atoms with E-state index < -0.39 is 22.8 Å². The van der Waals surface area contributed by atoms with E-state index in [0.717, 1.165) is 0 Å². The fourth-order valence-corrected chi connectivity index (χ4v) is 1.16. The summed E-state index contributed by atoms with van der Waals surface area (Å²) < 4.78 is 0. The normalized spacial score (nSPS) is 11.6. The minimum absolute atomic E-state index is 0.161. The highest BCUT2D eigenvalue weighted by Crippen LogP contribution is 2.17. The molecule has 0 aliphatic heterocycles. The maximum absolute atomic E-state index is 11.6. The van der Waals surface area contributed by atoms with Crippen LogP contribution in [-0.2, 0) is 4.79 Å². The highest BCUT2D eigenvalue weighted by molar-refractivity contribution is 5.99. The van der Waals surface area contributed by atoms with Gasteiger partial charge in [0.05, 0.1) is 4.92 Å². The third-order valence-electron chi connectivity index (χ3n) is 2.06. The molecule has 0 fully saturated rings. The van der Waals surface area contributed by atoms with E-state index in [1.165, 1.54) is 31.2 Å². The summed E-state index contributed by atoms with van der Waals surface area (Å²) in [7, 11) is 0. The molecule has 0 aliphatic rings. The maximum Gasteiger partial charge on any atom is 0.325 e. The van der Waals surface area contributed by atoms with Gasteiger partial charge in [-0.1, -0.05) is 12.1 Å². The molecule has 7 nitrogen and oxygen atoms in total. The highest BCUT2D eigenvalue weighted by Gasteiger charge is 2.22. The van der Waals surface area contributed by atoms with Crippen molar-refractivity contribution < 1.29 is 19.6 Å². The van der Waals surface area contributed by atoms with E-state index in [-0.39, 0.29) is 11.3 Å². The lowest BCUT2D eigenvalue weighted by Crippen LogP contribution is -2.38. The lowest BCUT2D eigenvalue weighted by molar-refractivity contribution is -0.385. The fraction of sp³-hybridized carbons (Fsp3) is 0.200. The van der Waals surface area contributed by atoms with Gasteiger partial charge in [0, 0.05) is 6.07 Å². The van der Waals surface area contributed by atoms with Crippen LogP contribution in [0.5, 0.6) is 0 Å². The maximum atomic E-state index is 11.6. The van der Waals surface area contributed by atoms with E-state index in [2.05, 4.69) is 5.32 Å². The molecule has 1 aromatic carbocycles. The Labute approximate surface area is 96.2 Å². The van der Waals surface area contributed by atoms with Gasteiger partial charge in [0.1, 0.15) is 11.6 Å². The molecule has 90 valence electrons. The van der Waals surface area contributed by atoms with Gasteiger partial charge in [0.25, 0.3) is 11.6 Å². The van der Waals surface area contributed by atoms with Crippen molar-refractivity contribution in [3.05, 3.63) is 39.9 Å². The number of nitrogens with zero attached hydrogens (tertiary/aromatic N) is 1. The van der Waals surface area contributed by atoms with Gasteiger partial charge in [-0.25, -0.2) is 0 Å². The summed E-state index contributed by atoms with van der Waals surface area (Å²) in [5.74, 6) is -2.00. The van der Waals surface area contributed by atoms with Crippen LogP contribution in [0.3, 0.4) is 0 Å². The van der Waals surface area contributed by atoms with Crippen molar-refractivity contribution in [2.45, 2.75) is 13.0 Å². The molecule has 0 bridgehead atoms. The number of rotatable bonds is 4. The highest BCUT2D eigenvalue weighted by atomic mass is 16.6. The van der Waals surface area contributed by atoms with Crippen LogP contribution >= 0.6 is 0 Å². The summed E-state index contributed by atoms with van der Waals surface area (Å²) in [4.78, 5) is 32.1. The zero-order valence-electron chi connectivity index (χ0n) is 8.91. The van der Waals surface area contributed by atoms with Crippen molar-refractivity contribution in [1.82, 2.24) is 5.32 Å². The molecule has 0 saturated heterocycles. The third-order valence-corrected chi connectivity index (χ3v) is 2.06. The van der Waals surface area contributed by atoms with Crippen LogP contribution in [-0.4, -0.2) is 27.9 Å². The topological polar surface area (TPSA) is 110 Å². The Balaban J connectivity index is 2.97. The Hall–Kier alpha value is -2.44. The summed E-state index contributed by atoms with van der Waals surface area (Å²) >= 11 is 0. The van der Waals surface area contributed by atoms with Gasteiger partial charge in [-0.05, 0) is 13.0 Å². The number of carboxylic acid groups (broad SMARTS) is 1. The number of carbonyl (C=O) groups excluding carboxylic acids is 1. The number of amides is 1. The first kappa shape index (κ1) is 12.6. The first-order chi connectivity index (χ1) is 7.93.